The molecule has 0 saturated carbocycles. The van der Waals surface area contributed by atoms with E-state index >= 15 is 0 Å². The van der Waals surface area contributed by atoms with Gasteiger partial charge in [-0.05, 0) is 19.4 Å². The highest BCUT2D eigenvalue weighted by molar-refractivity contribution is 7.09. The van der Waals surface area contributed by atoms with Crippen LogP contribution in [0.1, 0.15) is 30.5 Å². The first-order chi connectivity index (χ1) is 15.5. The molecule has 2 aromatic heterocycles. The Labute approximate surface area is 190 Å². The second-order valence-corrected chi connectivity index (χ2v) is 8.72. The maximum Gasteiger partial charge on any atom is 0.320 e. The van der Waals surface area contributed by atoms with Gasteiger partial charge in [0.15, 0.2) is 0 Å². The predicted octanol–water partition coefficient (Wildman–Crippen LogP) is 2.89. The number of carbonyl (C=O) groups is 2. The number of thiazole rings is 1. The van der Waals surface area contributed by atoms with Crippen LogP contribution in [0, 0.1) is 0 Å². The Morgan fingerprint density at radius 3 is 2.66 bits per heavy atom. The van der Waals surface area contributed by atoms with E-state index in [-0.39, 0.29) is 36.7 Å². The minimum absolute atomic E-state index is 0.0108. The van der Waals surface area contributed by atoms with E-state index in [0.717, 1.165) is 10.6 Å². The molecule has 9 nitrogen and oxygen atoms in total. The summed E-state index contributed by atoms with van der Waals surface area (Å²) in [7, 11) is 0. The van der Waals surface area contributed by atoms with Gasteiger partial charge in [-0.2, -0.15) is 5.10 Å². The Hall–Kier alpha value is -3.24. The minimum atomic E-state index is -0.379. The Morgan fingerprint density at radius 2 is 1.97 bits per heavy atom. The zero-order chi connectivity index (χ0) is 22.5. The quantitative estimate of drug-likeness (QED) is 0.596. The van der Waals surface area contributed by atoms with Crippen molar-refractivity contribution < 1.29 is 14.3 Å². The molecule has 3 unspecified atom stereocenters. The summed E-state index contributed by atoms with van der Waals surface area (Å²) >= 11 is 1.48. The molecule has 0 bridgehead atoms. The van der Waals surface area contributed by atoms with E-state index in [2.05, 4.69) is 20.7 Å². The van der Waals surface area contributed by atoms with Crippen molar-refractivity contribution in [1.29, 1.82) is 0 Å². The van der Waals surface area contributed by atoms with Crippen LogP contribution in [0.5, 0.6) is 0 Å². The zero-order valence-electron chi connectivity index (χ0n) is 18.0. The normalized spacial score (nSPS) is 19.4. The summed E-state index contributed by atoms with van der Waals surface area (Å²) in [5, 5.41) is 12.6. The molecule has 2 N–H and O–H groups in total. The highest BCUT2D eigenvalue weighted by Crippen LogP contribution is 2.24. The van der Waals surface area contributed by atoms with Gasteiger partial charge in [0, 0.05) is 30.9 Å². The van der Waals surface area contributed by atoms with Crippen LogP contribution in [0.15, 0.2) is 54.3 Å². The van der Waals surface area contributed by atoms with Crippen LogP contribution in [0.25, 0.3) is 0 Å². The van der Waals surface area contributed by atoms with Gasteiger partial charge in [-0.25, -0.2) is 9.78 Å². The van der Waals surface area contributed by atoms with Crippen LogP contribution in [-0.2, 0) is 16.1 Å². The summed E-state index contributed by atoms with van der Waals surface area (Å²) in [5.74, 6) is -0.0287. The SMILES string of the molecule is CC1CN(C(=O)Cn2cc(NC(=O)NC(c3ccccc3)c3nccs3)cn2)CC(C)O1. The van der Waals surface area contributed by atoms with Crippen LogP contribution >= 0.6 is 11.3 Å². The molecule has 3 amide bonds. The van der Waals surface area contributed by atoms with E-state index in [0.29, 0.717) is 18.8 Å². The summed E-state index contributed by atoms with van der Waals surface area (Å²) in [4.78, 5) is 31.4. The summed E-state index contributed by atoms with van der Waals surface area (Å²) in [6.45, 7) is 5.15. The molecule has 10 heteroatoms. The third-order valence-electron chi connectivity index (χ3n) is 5.07. The molecule has 32 heavy (non-hydrogen) atoms. The number of ether oxygens (including phenoxy) is 1. The molecule has 4 rings (SSSR count). The second-order valence-electron chi connectivity index (χ2n) is 7.80. The number of hydrogen-bond donors (Lipinski definition) is 2. The van der Waals surface area contributed by atoms with E-state index in [1.54, 1.807) is 17.3 Å². The van der Waals surface area contributed by atoms with Crippen LogP contribution < -0.4 is 10.6 Å². The van der Waals surface area contributed by atoms with E-state index in [1.165, 1.54) is 22.2 Å². The predicted molar refractivity (Wildman–Crippen MR) is 121 cm³/mol. The largest absolute Gasteiger partial charge is 0.372 e. The van der Waals surface area contributed by atoms with Crippen LogP contribution in [0.4, 0.5) is 10.5 Å². The number of carbonyl (C=O) groups excluding carboxylic acids is 2. The van der Waals surface area contributed by atoms with Crippen LogP contribution in [0.3, 0.4) is 0 Å². The number of hydrogen-bond acceptors (Lipinski definition) is 6. The number of benzene rings is 1. The van der Waals surface area contributed by atoms with Crippen molar-refractivity contribution in [2.45, 2.75) is 38.6 Å². The Morgan fingerprint density at radius 1 is 1.22 bits per heavy atom. The number of morpholine rings is 1. The molecule has 1 aliphatic rings. The van der Waals surface area contributed by atoms with Crippen LogP contribution in [0.2, 0.25) is 0 Å². The van der Waals surface area contributed by atoms with Gasteiger partial charge in [-0.1, -0.05) is 30.3 Å². The van der Waals surface area contributed by atoms with Gasteiger partial charge in [-0.3, -0.25) is 9.48 Å². The fraction of sp³-hybridized carbons (Fsp3) is 0.364. The van der Waals surface area contributed by atoms with Gasteiger partial charge in [0.25, 0.3) is 0 Å². The Bertz CT molecular complexity index is 1030. The van der Waals surface area contributed by atoms with Crippen molar-refractivity contribution in [3.05, 3.63) is 64.9 Å². The molecular weight excluding hydrogens is 428 g/mol. The van der Waals surface area contributed by atoms with Gasteiger partial charge < -0.3 is 20.3 Å². The number of anilines is 1. The average Bonchev–Trinajstić information content (AvgIpc) is 3.44. The molecule has 1 saturated heterocycles. The lowest BCUT2D eigenvalue weighted by molar-refractivity contribution is -0.144. The smallest absolute Gasteiger partial charge is 0.320 e. The molecule has 1 aromatic carbocycles. The van der Waals surface area contributed by atoms with Gasteiger partial charge >= 0.3 is 6.03 Å². The van der Waals surface area contributed by atoms with Gasteiger partial charge in [0.2, 0.25) is 5.91 Å². The first-order valence-corrected chi connectivity index (χ1v) is 11.3. The van der Waals surface area contributed by atoms with Crippen molar-refractivity contribution >= 4 is 29.0 Å². The number of aromatic nitrogens is 3. The lowest BCUT2D eigenvalue weighted by Gasteiger charge is -2.35. The minimum Gasteiger partial charge on any atom is -0.372 e. The van der Waals surface area contributed by atoms with Crippen molar-refractivity contribution in [2.75, 3.05) is 18.4 Å². The topological polar surface area (TPSA) is 101 Å². The third-order valence-corrected chi connectivity index (χ3v) is 5.91. The summed E-state index contributed by atoms with van der Waals surface area (Å²) in [5.41, 5.74) is 1.44. The maximum atomic E-state index is 12.7. The van der Waals surface area contributed by atoms with Gasteiger partial charge in [0.05, 0.1) is 24.1 Å². The average molecular weight is 455 g/mol. The number of nitrogens with one attached hydrogen (secondary N) is 2. The summed E-state index contributed by atoms with van der Waals surface area (Å²) in [6, 6.07) is 8.93. The van der Waals surface area contributed by atoms with Crippen LogP contribution in [-0.4, -0.2) is 56.9 Å². The second kappa shape index (κ2) is 9.92. The van der Waals surface area contributed by atoms with Gasteiger partial charge in [-0.15, -0.1) is 11.3 Å². The molecule has 3 heterocycles. The van der Waals surface area contributed by atoms with E-state index in [1.807, 2.05) is 49.6 Å². The van der Waals surface area contributed by atoms with Crippen molar-refractivity contribution in [2.24, 2.45) is 0 Å². The number of urea groups is 1. The fourth-order valence-corrected chi connectivity index (χ4v) is 4.46. The standard InChI is InChI=1S/C22H26N6O3S/c1-15-11-27(12-16(2)31-15)19(29)14-28-13-18(10-24-28)25-22(30)26-20(21-23-8-9-32-21)17-6-4-3-5-7-17/h3-10,13,15-16,20H,11-12,14H2,1-2H3,(H2,25,26,30). The first kappa shape index (κ1) is 22.0. The maximum absolute atomic E-state index is 12.7. The van der Waals surface area contributed by atoms with E-state index in [4.69, 9.17) is 4.74 Å². The van der Waals surface area contributed by atoms with Gasteiger partial charge in [0.1, 0.15) is 17.6 Å². The monoisotopic (exact) mass is 454 g/mol. The molecule has 1 aliphatic heterocycles. The van der Waals surface area contributed by atoms with E-state index in [9.17, 15) is 9.59 Å². The molecular formula is C22H26N6O3S. The zero-order valence-corrected chi connectivity index (χ0v) is 18.8. The fourth-order valence-electron chi connectivity index (χ4n) is 3.74. The van der Waals surface area contributed by atoms with Crippen molar-refractivity contribution in [3.8, 4) is 0 Å². The first-order valence-electron chi connectivity index (χ1n) is 10.5. The summed E-state index contributed by atoms with van der Waals surface area (Å²) < 4.78 is 7.21. The third kappa shape index (κ3) is 5.51. The molecule has 168 valence electrons. The molecule has 0 aliphatic carbocycles. The molecule has 0 radical (unpaired) electrons. The number of nitrogens with zero attached hydrogens (tertiary/aromatic N) is 4. The van der Waals surface area contributed by atoms with Crippen molar-refractivity contribution in [1.82, 2.24) is 25.0 Å². The molecule has 0 spiro atoms. The number of rotatable bonds is 6. The Balaban J connectivity index is 1.36. The molecule has 3 atom stereocenters. The summed E-state index contributed by atoms with van der Waals surface area (Å²) in [6.07, 6.45) is 4.91. The molecule has 1 fully saturated rings. The highest BCUT2D eigenvalue weighted by Gasteiger charge is 2.26. The van der Waals surface area contributed by atoms with E-state index < -0.39 is 0 Å². The lowest BCUT2D eigenvalue weighted by Crippen LogP contribution is -2.49. The van der Waals surface area contributed by atoms with Crippen molar-refractivity contribution in [3.63, 3.8) is 0 Å². The highest BCUT2D eigenvalue weighted by atomic mass is 32.1. The number of amides is 3. The Kier molecular flexibility index (Phi) is 6.81. The lowest BCUT2D eigenvalue weighted by atomic mass is 10.1. The molecule has 3 aromatic rings.